The molecule has 24 heavy (non-hydrogen) atoms. The van der Waals surface area contributed by atoms with Gasteiger partial charge in [-0.25, -0.2) is 0 Å². The van der Waals surface area contributed by atoms with E-state index in [1.807, 2.05) is 12.1 Å². The minimum atomic E-state index is 0.471. The highest BCUT2D eigenvalue weighted by Crippen LogP contribution is 2.25. The number of thiocarbonyl (C=S) groups is 1. The van der Waals surface area contributed by atoms with E-state index in [0.717, 1.165) is 32.0 Å². The zero-order chi connectivity index (χ0) is 16.9. The van der Waals surface area contributed by atoms with Gasteiger partial charge >= 0.3 is 0 Å². The fourth-order valence-electron chi connectivity index (χ4n) is 2.45. The molecule has 0 aromatic heterocycles. The van der Waals surface area contributed by atoms with Gasteiger partial charge in [-0.3, -0.25) is 0 Å². The van der Waals surface area contributed by atoms with Crippen molar-refractivity contribution in [3.8, 4) is 0 Å². The maximum atomic E-state index is 6.13. The Morgan fingerprint density at radius 2 is 1.71 bits per heavy atom. The van der Waals surface area contributed by atoms with Crippen molar-refractivity contribution in [2.24, 2.45) is 0 Å². The van der Waals surface area contributed by atoms with Crippen LogP contribution in [0.2, 0.25) is 10.0 Å². The normalized spacial score (nSPS) is 14.3. The van der Waals surface area contributed by atoms with Crippen LogP contribution in [-0.2, 0) is 4.74 Å². The van der Waals surface area contributed by atoms with Crippen molar-refractivity contribution in [2.75, 3.05) is 41.8 Å². The lowest BCUT2D eigenvalue weighted by Crippen LogP contribution is -2.36. The van der Waals surface area contributed by atoms with Crippen LogP contribution in [-0.4, -0.2) is 31.4 Å². The Morgan fingerprint density at radius 1 is 1.00 bits per heavy atom. The first-order valence-corrected chi connectivity index (χ1v) is 8.74. The molecule has 0 radical (unpaired) electrons. The number of benzene rings is 2. The smallest absolute Gasteiger partial charge is 0.175 e. The third kappa shape index (κ3) is 4.51. The first-order valence-electron chi connectivity index (χ1n) is 7.57. The lowest BCUT2D eigenvalue weighted by Gasteiger charge is -2.29. The Hall–Kier alpha value is -1.53. The minimum Gasteiger partial charge on any atom is -0.378 e. The van der Waals surface area contributed by atoms with Crippen LogP contribution in [0.1, 0.15) is 0 Å². The molecule has 0 spiro atoms. The lowest BCUT2D eigenvalue weighted by molar-refractivity contribution is 0.122. The number of ether oxygens (including phenoxy) is 1. The van der Waals surface area contributed by atoms with Gasteiger partial charge in [0.25, 0.3) is 0 Å². The highest BCUT2D eigenvalue weighted by Gasteiger charge is 2.11. The van der Waals surface area contributed by atoms with Gasteiger partial charge in [0.1, 0.15) is 0 Å². The second-order valence-electron chi connectivity index (χ2n) is 5.35. The quantitative estimate of drug-likeness (QED) is 0.757. The summed E-state index contributed by atoms with van der Waals surface area (Å²) in [7, 11) is 0. The Labute approximate surface area is 156 Å². The zero-order valence-electron chi connectivity index (χ0n) is 12.9. The standard InChI is InChI=1S/C17H17Cl2N3OS/c18-12-1-6-16(15(19)11-12)21-17(24)20-13-2-4-14(5-3-13)22-7-9-23-10-8-22/h1-6,11H,7-10H2,(H2,20,21,24). The molecular weight excluding hydrogens is 365 g/mol. The third-order valence-corrected chi connectivity index (χ3v) is 4.43. The van der Waals surface area contributed by atoms with Gasteiger partial charge in [-0.15, -0.1) is 0 Å². The van der Waals surface area contributed by atoms with Crippen LogP contribution in [0.4, 0.5) is 17.1 Å². The highest BCUT2D eigenvalue weighted by atomic mass is 35.5. The largest absolute Gasteiger partial charge is 0.378 e. The summed E-state index contributed by atoms with van der Waals surface area (Å²) in [5, 5.41) is 7.79. The van der Waals surface area contributed by atoms with E-state index in [1.54, 1.807) is 18.2 Å². The van der Waals surface area contributed by atoms with Crippen molar-refractivity contribution in [3.63, 3.8) is 0 Å². The van der Waals surface area contributed by atoms with Gasteiger partial charge < -0.3 is 20.3 Å². The van der Waals surface area contributed by atoms with E-state index in [-0.39, 0.29) is 0 Å². The number of hydrogen-bond donors (Lipinski definition) is 2. The molecule has 126 valence electrons. The van der Waals surface area contributed by atoms with E-state index < -0.39 is 0 Å². The molecule has 0 unspecified atom stereocenters. The lowest BCUT2D eigenvalue weighted by atomic mass is 10.2. The molecule has 0 bridgehead atoms. The van der Waals surface area contributed by atoms with E-state index in [4.69, 9.17) is 40.2 Å². The number of rotatable bonds is 3. The second-order valence-corrected chi connectivity index (χ2v) is 6.60. The van der Waals surface area contributed by atoms with E-state index in [9.17, 15) is 0 Å². The van der Waals surface area contributed by atoms with Crippen molar-refractivity contribution >= 4 is 57.6 Å². The average Bonchev–Trinajstić information content (AvgIpc) is 2.59. The molecule has 1 saturated heterocycles. The first-order chi connectivity index (χ1) is 11.6. The molecule has 2 aromatic rings. The zero-order valence-corrected chi connectivity index (χ0v) is 15.2. The molecule has 2 aromatic carbocycles. The number of halogens is 2. The highest BCUT2D eigenvalue weighted by molar-refractivity contribution is 7.80. The van der Waals surface area contributed by atoms with E-state index >= 15 is 0 Å². The summed E-state index contributed by atoms with van der Waals surface area (Å²) in [6.07, 6.45) is 0. The first kappa shape index (κ1) is 17.3. The van der Waals surface area contributed by atoms with E-state index in [0.29, 0.717) is 20.8 Å². The number of nitrogens with zero attached hydrogens (tertiary/aromatic N) is 1. The number of morpholine rings is 1. The van der Waals surface area contributed by atoms with Crippen molar-refractivity contribution in [1.82, 2.24) is 0 Å². The van der Waals surface area contributed by atoms with E-state index in [2.05, 4.69) is 27.7 Å². The molecule has 1 aliphatic heterocycles. The second kappa shape index (κ2) is 8.03. The van der Waals surface area contributed by atoms with Crippen molar-refractivity contribution in [1.29, 1.82) is 0 Å². The maximum Gasteiger partial charge on any atom is 0.175 e. The van der Waals surface area contributed by atoms with Crippen molar-refractivity contribution in [2.45, 2.75) is 0 Å². The summed E-state index contributed by atoms with van der Waals surface area (Å²) < 4.78 is 5.37. The molecule has 7 heteroatoms. The third-order valence-electron chi connectivity index (χ3n) is 3.68. The fourth-order valence-corrected chi connectivity index (χ4v) is 3.14. The van der Waals surface area contributed by atoms with E-state index in [1.165, 1.54) is 5.69 Å². The van der Waals surface area contributed by atoms with Gasteiger partial charge in [-0.2, -0.15) is 0 Å². The van der Waals surface area contributed by atoms with Crippen LogP contribution in [0, 0.1) is 0 Å². The van der Waals surface area contributed by atoms with Gasteiger partial charge in [-0.1, -0.05) is 23.2 Å². The number of anilines is 3. The Balaban J connectivity index is 1.59. The Bertz CT molecular complexity index is 718. The Kier molecular flexibility index (Phi) is 5.79. The number of hydrogen-bond acceptors (Lipinski definition) is 3. The van der Waals surface area contributed by atoms with Crippen LogP contribution < -0.4 is 15.5 Å². The molecule has 1 heterocycles. The van der Waals surface area contributed by atoms with Crippen LogP contribution in [0.25, 0.3) is 0 Å². The molecule has 2 N–H and O–H groups in total. The predicted octanol–water partition coefficient (Wildman–Crippen LogP) is 4.64. The minimum absolute atomic E-state index is 0.471. The van der Waals surface area contributed by atoms with Gasteiger partial charge in [-0.05, 0) is 54.7 Å². The van der Waals surface area contributed by atoms with Gasteiger partial charge in [0.2, 0.25) is 0 Å². The topological polar surface area (TPSA) is 36.5 Å². The fraction of sp³-hybridized carbons (Fsp3) is 0.235. The molecule has 0 saturated carbocycles. The SMILES string of the molecule is S=C(Nc1ccc(N2CCOCC2)cc1)Nc1ccc(Cl)cc1Cl. The monoisotopic (exact) mass is 381 g/mol. The molecule has 4 nitrogen and oxygen atoms in total. The summed E-state index contributed by atoms with van der Waals surface area (Å²) in [4.78, 5) is 2.30. The number of nitrogens with one attached hydrogen (secondary N) is 2. The van der Waals surface area contributed by atoms with Crippen LogP contribution in [0.3, 0.4) is 0 Å². The summed E-state index contributed by atoms with van der Waals surface area (Å²) in [6, 6.07) is 13.4. The molecule has 0 atom stereocenters. The molecule has 0 amide bonds. The molecule has 1 aliphatic rings. The van der Waals surface area contributed by atoms with Gasteiger partial charge in [0, 0.05) is 29.5 Å². The van der Waals surface area contributed by atoms with Crippen LogP contribution in [0.5, 0.6) is 0 Å². The summed E-state index contributed by atoms with van der Waals surface area (Å²) in [6.45, 7) is 3.38. The van der Waals surface area contributed by atoms with Gasteiger partial charge in [0.15, 0.2) is 5.11 Å². The summed E-state index contributed by atoms with van der Waals surface area (Å²) >= 11 is 17.4. The summed E-state index contributed by atoms with van der Waals surface area (Å²) in [5.74, 6) is 0. The van der Waals surface area contributed by atoms with Gasteiger partial charge in [0.05, 0.1) is 23.9 Å². The molecule has 1 fully saturated rings. The molecule has 3 rings (SSSR count). The average molecular weight is 382 g/mol. The van der Waals surface area contributed by atoms with Crippen molar-refractivity contribution in [3.05, 3.63) is 52.5 Å². The van der Waals surface area contributed by atoms with Crippen molar-refractivity contribution < 1.29 is 4.74 Å². The summed E-state index contributed by atoms with van der Waals surface area (Å²) in [5.41, 5.74) is 2.81. The maximum absolute atomic E-state index is 6.13. The van der Waals surface area contributed by atoms with Crippen LogP contribution >= 0.6 is 35.4 Å². The molecule has 0 aliphatic carbocycles. The molecular formula is C17H17Cl2N3OS. The Morgan fingerprint density at radius 3 is 2.38 bits per heavy atom. The predicted molar refractivity (Wildman–Crippen MR) is 106 cm³/mol. The van der Waals surface area contributed by atoms with Crippen LogP contribution in [0.15, 0.2) is 42.5 Å².